The van der Waals surface area contributed by atoms with Crippen molar-refractivity contribution in [2.24, 2.45) is 5.92 Å². The summed E-state index contributed by atoms with van der Waals surface area (Å²) in [4.78, 5) is 0. The molecule has 1 aliphatic rings. The lowest BCUT2D eigenvalue weighted by Crippen LogP contribution is -2.28. The van der Waals surface area contributed by atoms with Crippen LogP contribution in [-0.4, -0.2) is 11.2 Å². The number of aliphatic hydroxyl groups is 1. The van der Waals surface area contributed by atoms with E-state index in [0.717, 1.165) is 6.42 Å². The third-order valence-electron chi connectivity index (χ3n) is 4.00. The van der Waals surface area contributed by atoms with E-state index in [0.29, 0.717) is 5.92 Å². The molecule has 88 valence electrons. The first kappa shape index (κ1) is 10.8. The lowest BCUT2D eigenvalue weighted by Gasteiger charge is -2.30. The molecule has 1 N–H and O–H groups in total. The molecule has 0 amide bonds. The van der Waals surface area contributed by atoms with Gasteiger partial charge in [0.05, 0.1) is 6.10 Å². The number of rotatable bonds is 3. The summed E-state index contributed by atoms with van der Waals surface area (Å²) in [6, 6.07) is 14.8. The van der Waals surface area contributed by atoms with Gasteiger partial charge in [0.25, 0.3) is 0 Å². The molecule has 1 atom stereocenters. The van der Waals surface area contributed by atoms with Gasteiger partial charge in [0, 0.05) is 0 Å². The van der Waals surface area contributed by atoms with Gasteiger partial charge in [-0.3, -0.25) is 0 Å². The van der Waals surface area contributed by atoms with Gasteiger partial charge in [-0.05, 0) is 41.5 Å². The smallest absolute Gasteiger partial charge is 0.0608 e. The molecule has 2 aromatic rings. The number of hydrogen-bond acceptors (Lipinski definition) is 1. The zero-order chi connectivity index (χ0) is 11.7. The molecule has 3 rings (SSSR count). The van der Waals surface area contributed by atoms with E-state index >= 15 is 0 Å². The van der Waals surface area contributed by atoms with Crippen LogP contribution in [0.3, 0.4) is 0 Å². The van der Waals surface area contributed by atoms with E-state index in [1.807, 2.05) is 0 Å². The van der Waals surface area contributed by atoms with Crippen molar-refractivity contribution < 1.29 is 5.11 Å². The van der Waals surface area contributed by atoms with E-state index in [1.54, 1.807) is 0 Å². The normalized spacial score (nSPS) is 17.9. The van der Waals surface area contributed by atoms with Crippen molar-refractivity contribution in [3.8, 4) is 0 Å². The average molecular weight is 226 g/mol. The van der Waals surface area contributed by atoms with Crippen LogP contribution in [0.4, 0.5) is 0 Å². The van der Waals surface area contributed by atoms with Gasteiger partial charge in [0.2, 0.25) is 0 Å². The van der Waals surface area contributed by atoms with Crippen LogP contribution in [0.15, 0.2) is 42.5 Å². The fraction of sp³-hybridized carbons (Fsp3) is 0.375. The van der Waals surface area contributed by atoms with E-state index in [-0.39, 0.29) is 6.10 Å². The Morgan fingerprint density at radius 1 is 1.06 bits per heavy atom. The molecule has 1 aliphatic carbocycles. The van der Waals surface area contributed by atoms with Gasteiger partial charge < -0.3 is 5.11 Å². The molecule has 1 heteroatoms. The van der Waals surface area contributed by atoms with Gasteiger partial charge in [-0.1, -0.05) is 48.9 Å². The maximum Gasteiger partial charge on any atom is 0.0608 e. The summed E-state index contributed by atoms with van der Waals surface area (Å²) in [6.07, 6.45) is 4.33. The molecule has 17 heavy (non-hydrogen) atoms. The van der Waals surface area contributed by atoms with Crippen LogP contribution in [0.1, 0.15) is 24.8 Å². The van der Waals surface area contributed by atoms with Gasteiger partial charge in [0.15, 0.2) is 0 Å². The van der Waals surface area contributed by atoms with E-state index in [1.165, 1.54) is 35.6 Å². The first-order valence-corrected chi connectivity index (χ1v) is 6.49. The summed E-state index contributed by atoms with van der Waals surface area (Å²) in [6.45, 7) is 0. The maximum atomic E-state index is 10.2. The third kappa shape index (κ3) is 2.07. The molecule has 1 nitrogen and oxygen atoms in total. The minimum Gasteiger partial charge on any atom is -0.392 e. The lowest BCUT2D eigenvalue weighted by atomic mass is 9.79. The van der Waals surface area contributed by atoms with Gasteiger partial charge in [-0.25, -0.2) is 0 Å². The molecule has 1 saturated carbocycles. The van der Waals surface area contributed by atoms with Crippen molar-refractivity contribution in [3.63, 3.8) is 0 Å². The maximum absolute atomic E-state index is 10.2. The zero-order valence-corrected chi connectivity index (χ0v) is 9.97. The molecular weight excluding hydrogens is 208 g/mol. The Hall–Kier alpha value is -1.34. The van der Waals surface area contributed by atoms with Crippen LogP contribution in [0.25, 0.3) is 10.8 Å². The molecule has 0 aliphatic heterocycles. The molecule has 2 aromatic carbocycles. The van der Waals surface area contributed by atoms with Crippen molar-refractivity contribution >= 4 is 10.8 Å². The van der Waals surface area contributed by atoms with E-state index in [9.17, 15) is 5.11 Å². The summed E-state index contributed by atoms with van der Waals surface area (Å²) < 4.78 is 0. The SMILES string of the molecule is OC(Cc1cccc2ccccc12)C1CCC1. The number of benzene rings is 2. The van der Waals surface area contributed by atoms with Gasteiger partial charge in [-0.2, -0.15) is 0 Å². The predicted molar refractivity (Wildman–Crippen MR) is 71.0 cm³/mol. The summed E-state index contributed by atoms with van der Waals surface area (Å²) in [5, 5.41) is 12.7. The Kier molecular flexibility index (Phi) is 2.86. The monoisotopic (exact) mass is 226 g/mol. The largest absolute Gasteiger partial charge is 0.392 e. The highest BCUT2D eigenvalue weighted by atomic mass is 16.3. The molecule has 0 aromatic heterocycles. The molecule has 0 radical (unpaired) electrons. The van der Waals surface area contributed by atoms with Gasteiger partial charge in [-0.15, -0.1) is 0 Å². The Morgan fingerprint density at radius 2 is 1.82 bits per heavy atom. The zero-order valence-electron chi connectivity index (χ0n) is 9.97. The Morgan fingerprint density at radius 3 is 2.59 bits per heavy atom. The van der Waals surface area contributed by atoms with Crippen molar-refractivity contribution in [1.29, 1.82) is 0 Å². The van der Waals surface area contributed by atoms with Crippen LogP contribution in [0.2, 0.25) is 0 Å². The number of hydrogen-bond donors (Lipinski definition) is 1. The van der Waals surface area contributed by atoms with Crippen LogP contribution in [0, 0.1) is 5.92 Å². The van der Waals surface area contributed by atoms with Gasteiger partial charge in [0.1, 0.15) is 0 Å². The molecular formula is C16H18O. The predicted octanol–water partition coefficient (Wildman–Crippen LogP) is 3.54. The molecule has 0 heterocycles. The highest BCUT2D eigenvalue weighted by molar-refractivity contribution is 5.85. The Bertz CT molecular complexity index is 508. The Labute approximate surface area is 102 Å². The minimum atomic E-state index is -0.158. The first-order chi connectivity index (χ1) is 8.34. The first-order valence-electron chi connectivity index (χ1n) is 6.49. The highest BCUT2D eigenvalue weighted by Gasteiger charge is 2.25. The number of fused-ring (bicyclic) bond motifs is 1. The van der Waals surface area contributed by atoms with Crippen molar-refractivity contribution in [1.82, 2.24) is 0 Å². The quantitative estimate of drug-likeness (QED) is 0.848. The molecule has 1 unspecified atom stereocenters. The standard InChI is InChI=1S/C16H18O/c17-16(13-7-4-8-13)11-14-9-3-6-12-5-1-2-10-15(12)14/h1-3,5-6,9-10,13,16-17H,4,7-8,11H2. The lowest BCUT2D eigenvalue weighted by molar-refractivity contribution is 0.0632. The average Bonchev–Trinajstić information content (AvgIpc) is 2.27. The highest BCUT2D eigenvalue weighted by Crippen LogP contribution is 2.32. The summed E-state index contributed by atoms with van der Waals surface area (Å²) >= 11 is 0. The van der Waals surface area contributed by atoms with Crippen LogP contribution in [-0.2, 0) is 6.42 Å². The topological polar surface area (TPSA) is 20.2 Å². The fourth-order valence-corrected chi connectivity index (χ4v) is 2.69. The van der Waals surface area contributed by atoms with Crippen LogP contribution < -0.4 is 0 Å². The molecule has 0 saturated heterocycles. The second-order valence-electron chi connectivity index (χ2n) is 5.10. The second kappa shape index (κ2) is 4.50. The van der Waals surface area contributed by atoms with E-state index in [2.05, 4.69) is 42.5 Å². The number of aliphatic hydroxyl groups excluding tert-OH is 1. The van der Waals surface area contributed by atoms with Crippen molar-refractivity contribution in [2.75, 3.05) is 0 Å². The van der Waals surface area contributed by atoms with Crippen molar-refractivity contribution in [2.45, 2.75) is 31.8 Å². The molecule has 0 spiro atoms. The van der Waals surface area contributed by atoms with Crippen LogP contribution >= 0.6 is 0 Å². The minimum absolute atomic E-state index is 0.158. The van der Waals surface area contributed by atoms with Crippen LogP contribution in [0.5, 0.6) is 0 Å². The summed E-state index contributed by atoms with van der Waals surface area (Å²) in [5.41, 5.74) is 1.28. The Balaban J connectivity index is 1.89. The van der Waals surface area contributed by atoms with E-state index in [4.69, 9.17) is 0 Å². The molecule has 1 fully saturated rings. The second-order valence-corrected chi connectivity index (χ2v) is 5.10. The van der Waals surface area contributed by atoms with Gasteiger partial charge >= 0.3 is 0 Å². The summed E-state index contributed by atoms with van der Waals surface area (Å²) in [5.74, 6) is 0.536. The third-order valence-corrected chi connectivity index (χ3v) is 4.00. The van der Waals surface area contributed by atoms with E-state index < -0.39 is 0 Å². The van der Waals surface area contributed by atoms with Crippen molar-refractivity contribution in [3.05, 3.63) is 48.0 Å². The molecule has 0 bridgehead atoms. The summed E-state index contributed by atoms with van der Waals surface area (Å²) in [7, 11) is 0. The fourth-order valence-electron chi connectivity index (χ4n) is 2.69.